The monoisotopic (exact) mass is 564 g/mol. The lowest BCUT2D eigenvalue weighted by Gasteiger charge is -2.19. The molecule has 0 saturated carbocycles. The summed E-state index contributed by atoms with van der Waals surface area (Å²) in [6.45, 7) is 13.6. The third-order valence-corrected chi connectivity index (χ3v) is 6.14. The maximum absolute atomic E-state index is 12.7. The molecule has 41 heavy (non-hydrogen) atoms. The standard InChI is InChI=1S/C32H44N4O5/c1-31(2,3)40-29(38)24-14-15-26-25(19-24)20-27(35-26)28(37)33-16-18-36(7)17-8-9-22-10-12-23(13-11-22)21-34-30(39)41-32(4,5)6/h10-15,19-20,35H,8-9,16-18,21H2,1-7H3,(H,33,37)(H,34,39). The fourth-order valence-corrected chi connectivity index (χ4v) is 4.15. The molecule has 0 aliphatic carbocycles. The van der Waals surface area contributed by atoms with Gasteiger partial charge >= 0.3 is 12.1 Å². The van der Waals surface area contributed by atoms with Crippen LogP contribution >= 0.6 is 0 Å². The maximum Gasteiger partial charge on any atom is 0.407 e. The molecule has 0 aliphatic rings. The van der Waals surface area contributed by atoms with Crippen molar-refractivity contribution in [3.63, 3.8) is 0 Å². The van der Waals surface area contributed by atoms with Crippen molar-refractivity contribution in [2.75, 3.05) is 26.7 Å². The first-order valence-corrected chi connectivity index (χ1v) is 14.1. The molecule has 3 N–H and O–H groups in total. The first-order valence-electron chi connectivity index (χ1n) is 14.1. The van der Waals surface area contributed by atoms with E-state index in [0.29, 0.717) is 24.3 Å². The number of nitrogens with one attached hydrogen (secondary N) is 3. The number of hydrogen-bond acceptors (Lipinski definition) is 6. The number of esters is 1. The van der Waals surface area contributed by atoms with Crippen molar-refractivity contribution in [3.05, 3.63) is 70.9 Å². The Morgan fingerprint density at radius 1 is 0.829 bits per heavy atom. The van der Waals surface area contributed by atoms with E-state index in [4.69, 9.17) is 9.47 Å². The molecule has 2 aromatic carbocycles. The Balaban J connectivity index is 1.37. The van der Waals surface area contributed by atoms with Gasteiger partial charge in [-0.2, -0.15) is 0 Å². The number of carbonyl (C=O) groups is 3. The van der Waals surface area contributed by atoms with Crippen LogP contribution in [0.25, 0.3) is 10.9 Å². The summed E-state index contributed by atoms with van der Waals surface area (Å²) in [4.78, 5) is 42.2. The Kier molecular flexibility index (Phi) is 10.6. The second kappa shape index (κ2) is 13.7. The van der Waals surface area contributed by atoms with Crippen molar-refractivity contribution < 1.29 is 23.9 Å². The van der Waals surface area contributed by atoms with Crippen LogP contribution in [0.15, 0.2) is 48.5 Å². The number of amides is 2. The third-order valence-electron chi connectivity index (χ3n) is 6.14. The van der Waals surface area contributed by atoms with E-state index in [-0.39, 0.29) is 11.9 Å². The van der Waals surface area contributed by atoms with Crippen molar-refractivity contribution in [2.45, 2.75) is 72.1 Å². The smallest absolute Gasteiger partial charge is 0.407 e. The van der Waals surface area contributed by atoms with Gasteiger partial charge in [0.2, 0.25) is 0 Å². The number of alkyl carbamates (subject to hydrolysis) is 1. The van der Waals surface area contributed by atoms with E-state index in [1.54, 1.807) is 24.3 Å². The molecule has 0 radical (unpaired) electrons. The molecule has 3 rings (SSSR count). The summed E-state index contributed by atoms with van der Waals surface area (Å²) in [5, 5.41) is 6.52. The highest BCUT2D eigenvalue weighted by molar-refractivity contribution is 6.00. The Morgan fingerprint density at radius 2 is 1.49 bits per heavy atom. The summed E-state index contributed by atoms with van der Waals surface area (Å²) in [6.07, 6.45) is 1.51. The molecule has 222 valence electrons. The molecule has 0 atom stereocenters. The SMILES string of the molecule is CN(CCCc1ccc(CNC(=O)OC(C)(C)C)cc1)CCNC(=O)c1cc2cc(C(=O)OC(C)(C)C)ccc2[nH]1. The zero-order chi connectivity index (χ0) is 30.2. The molecule has 1 aromatic heterocycles. The highest BCUT2D eigenvalue weighted by Crippen LogP contribution is 2.20. The molecule has 0 fully saturated rings. The summed E-state index contributed by atoms with van der Waals surface area (Å²) >= 11 is 0. The Labute approximate surface area is 243 Å². The van der Waals surface area contributed by atoms with Crippen LogP contribution in [0, 0.1) is 0 Å². The number of benzene rings is 2. The minimum absolute atomic E-state index is 0.185. The number of ether oxygens (including phenoxy) is 2. The highest BCUT2D eigenvalue weighted by atomic mass is 16.6. The highest BCUT2D eigenvalue weighted by Gasteiger charge is 2.19. The summed E-state index contributed by atoms with van der Waals surface area (Å²) in [7, 11) is 2.04. The Morgan fingerprint density at radius 3 is 2.15 bits per heavy atom. The summed E-state index contributed by atoms with van der Waals surface area (Å²) in [5.41, 5.74) is 2.86. The molecule has 0 unspecified atom stereocenters. The first-order chi connectivity index (χ1) is 19.2. The summed E-state index contributed by atoms with van der Waals surface area (Å²) < 4.78 is 10.7. The van der Waals surface area contributed by atoms with Crippen LogP contribution in [0.4, 0.5) is 4.79 Å². The first kappa shape index (κ1) is 31.7. The fourth-order valence-electron chi connectivity index (χ4n) is 4.15. The zero-order valence-electron chi connectivity index (χ0n) is 25.3. The second-order valence-corrected chi connectivity index (χ2v) is 12.3. The van der Waals surface area contributed by atoms with Gasteiger partial charge in [0.05, 0.1) is 5.56 Å². The van der Waals surface area contributed by atoms with Crippen molar-refractivity contribution in [1.29, 1.82) is 0 Å². The quantitative estimate of drug-likeness (QED) is 0.267. The number of aromatic nitrogens is 1. The number of fused-ring (bicyclic) bond motifs is 1. The van der Waals surface area contributed by atoms with E-state index in [1.165, 1.54) is 5.56 Å². The van der Waals surface area contributed by atoms with Crippen molar-refractivity contribution in [1.82, 2.24) is 20.5 Å². The molecule has 2 amide bonds. The van der Waals surface area contributed by atoms with Crippen LogP contribution in [0.3, 0.4) is 0 Å². The number of aromatic amines is 1. The van der Waals surface area contributed by atoms with Crippen LogP contribution < -0.4 is 10.6 Å². The molecule has 9 heteroatoms. The molecule has 0 spiro atoms. The average molecular weight is 565 g/mol. The molecular weight excluding hydrogens is 520 g/mol. The van der Waals surface area contributed by atoms with Gasteiger partial charge in [0, 0.05) is 30.5 Å². The molecular formula is C32H44N4O5. The van der Waals surface area contributed by atoms with E-state index in [2.05, 4.69) is 32.7 Å². The molecule has 0 bridgehead atoms. The Hall–Kier alpha value is -3.85. The predicted molar refractivity (Wildman–Crippen MR) is 161 cm³/mol. The van der Waals surface area contributed by atoms with Gasteiger partial charge in [-0.25, -0.2) is 9.59 Å². The van der Waals surface area contributed by atoms with Gasteiger partial charge in [-0.15, -0.1) is 0 Å². The topological polar surface area (TPSA) is 113 Å². The van der Waals surface area contributed by atoms with Gasteiger partial charge < -0.3 is 30.0 Å². The number of aryl methyl sites for hydroxylation is 1. The lowest BCUT2D eigenvalue weighted by molar-refractivity contribution is 0.00692. The van der Waals surface area contributed by atoms with Crippen LogP contribution in [-0.2, 0) is 22.4 Å². The summed E-state index contributed by atoms with van der Waals surface area (Å²) in [6, 6.07) is 15.2. The normalized spacial score (nSPS) is 11.9. The van der Waals surface area contributed by atoms with Gasteiger partial charge in [-0.05, 0) is 103 Å². The van der Waals surface area contributed by atoms with E-state index >= 15 is 0 Å². The van der Waals surface area contributed by atoms with Gasteiger partial charge in [0.1, 0.15) is 16.9 Å². The van der Waals surface area contributed by atoms with E-state index in [0.717, 1.165) is 42.4 Å². The average Bonchev–Trinajstić information content (AvgIpc) is 3.30. The fraction of sp³-hybridized carbons (Fsp3) is 0.469. The van der Waals surface area contributed by atoms with Gasteiger partial charge in [-0.3, -0.25) is 4.79 Å². The summed E-state index contributed by atoms with van der Waals surface area (Å²) in [5.74, 6) is -0.575. The maximum atomic E-state index is 12.7. The molecule has 0 aliphatic heterocycles. The number of rotatable bonds is 11. The lowest BCUT2D eigenvalue weighted by atomic mass is 10.1. The third kappa shape index (κ3) is 10.9. The van der Waals surface area contributed by atoms with E-state index in [9.17, 15) is 14.4 Å². The van der Waals surface area contributed by atoms with Crippen LogP contribution in [0.2, 0.25) is 0 Å². The molecule has 3 aromatic rings. The molecule has 9 nitrogen and oxygen atoms in total. The van der Waals surface area contributed by atoms with E-state index in [1.807, 2.05) is 60.7 Å². The predicted octanol–water partition coefficient (Wildman–Crippen LogP) is 5.44. The van der Waals surface area contributed by atoms with Crippen molar-refractivity contribution in [2.24, 2.45) is 0 Å². The zero-order valence-corrected chi connectivity index (χ0v) is 25.3. The van der Waals surface area contributed by atoms with E-state index < -0.39 is 17.3 Å². The number of hydrogen-bond donors (Lipinski definition) is 3. The van der Waals surface area contributed by atoms with Gasteiger partial charge in [0.25, 0.3) is 5.91 Å². The number of likely N-dealkylation sites (N-methyl/N-ethyl adjacent to an activating group) is 1. The molecule has 1 heterocycles. The van der Waals surface area contributed by atoms with Crippen molar-refractivity contribution in [3.8, 4) is 0 Å². The second-order valence-electron chi connectivity index (χ2n) is 12.3. The van der Waals surface area contributed by atoms with Crippen LogP contribution in [0.1, 0.15) is 79.9 Å². The van der Waals surface area contributed by atoms with Crippen LogP contribution in [-0.4, -0.2) is 65.7 Å². The number of H-pyrrole nitrogens is 1. The van der Waals surface area contributed by atoms with Crippen LogP contribution in [0.5, 0.6) is 0 Å². The van der Waals surface area contributed by atoms with Gasteiger partial charge in [0.15, 0.2) is 0 Å². The number of nitrogens with zero attached hydrogens (tertiary/aromatic N) is 1. The largest absolute Gasteiger partial charge is 0.456 e. The minimum atomic E-state index is -0.572. The minimum Gasteiger partial charge on any atom is -0.456 e. The molecule has 0 saturated heterocycles. The van der Waals surface area contributed by atoms with Crippen molar-refractivity contribution >= 4 is 28.9 Å². The number of carbonyl (C=O) groups excluding carboxylic acids is 3. The Bertz CT molecular complexity index is 1330. The van der Waals surface area contributed by atoms with Gasteiger partial charge in [-0.1, -0.05) is 24.3 Å². The lowest BCUT2D eigenvalue weighted by Crippen LogP contribution is -2.33.